The van der Waals surface area contributed by atoms with Crippen LogP contribution in [0.4, 0.5) is 0 Å². The average Bonchev–Trinajstić information content (AvgIpc) is 2.23. The second-order valence-electron chi connectivity index (χ2n) is 3.91. The molecule has 0 atom stereocenters. The lowest BCUT2D eigenvalue weighted by Crippen LogP contribution is -2.17. The van der Waals surface area contributed by atoms with Gasteiger partial charge in [-0.15, -0.1) is 0 Å². The monoisotopic (exact) mass is 209 g/mol. The maximum atomic E-state index is 9.45. The summed E-state index contributed by atoms with van der Waals surface area (Å²) < 4.78 is 0. The molecule has 1 saturated heterocycles. The van der Waals surface area contributed by atoms with Crippen molar-refractivity contribution in [2.75, 3.05) is 11.5 Å². The molecule has 1 aliphatic rings. The Hall–Kier alpha value is -0.630. The van der Waals surface area contributed by atoms with Crippen molar-refractivity contribution >= 4 is 10.9 Å². The molecule has 0 saturated carbocycles. The Bertz CT molecular complexity index is 316. The lowest BCUT2D eigenvalue weighted by Gasteiger charge is -2.13. The molecular formula is C12H17OS+. The van der Waals surface area contributed by atoms with Gasteiger partial charge in [0.1, 0.15) is 17.3 Å². The van der Waals surface area contributed by atoms with Gasteiger partial charge >= 0.3 is 0 Å². The van der Waals surface area contributed by atoms with Crippen molar-refractivity contribution < 1.29 is 5.11 Å². The van der Waals surface area contributed by atoms with Gasteiger partial charge in [-0.05, 0) is 49.9 Å². The van der Waals surface area contributed by atoms with Gasteiger partial charge in [0.2, 0.25) is 0 Å². The first kappa shape index (κ1) is 9.91. The van der Waals surface area contributed by atoms with E-state index in [1.54, 1.807) is 0 Å². The summed E-state index contributed by atoms with van der Waals surface area (Å²) in [5.41, 5.74) is 1.01. The van der Waals surface area contributed by atoms with Crippen LogP contribution in [0.25, 0.3) is 0 Å². The number of phenols is 1. The quantitative estimate of drug-likeness (QED) is 0.705. The second kappa shape index (κ2) is 4.26. The summed E-state index contributed by atoms with van der Waals surface area (Å²) in [6.45, 7) is 1.98. The highest BCUT2D eigenvalue weighted by Gasteiger charge is 2.24. The Morgan fingerprint density at radius 2 is 1.86 bits per heavy atom. The van der Waals surface area contributed by atoms with Crippen LogP contribution in [0.3, 0.4) is 0 Å². The smallest absolute Gasteiger partial charge is 0.155 e. The van der Waals surface area contributed by atoms with Crippen LogP contribution in [0, 0.1) is 6.92 Å². The van der Waals surface area contributed by atoms with E-state index in [9.17, 15) is 5.11 Å². The van der Waals surface area contributed by atoms with E-state index in [1.807, 2.05) is 13.0 Å². The van der Waals surface area contributed by atoms with Crippen molar-refractivity contribution in [1.29, 1.82) is 0 Å². The molecule has 1 nitrogen and oxygen atoms in total. The topological polar surface area (TPSA) is 20.2 Å². The van der Waals surface area contributed by atoms with Gasteiger partial charge in [0.15, 0.2) is 4.90 Å². The predicted octanol–water partition coefficient (Wildman–Crippen LogP) is 2.86. The normalized spacial score (nSPS) is 18.4. The molecule has 1 aromatic rings. The maximum Gasteiger partial charge on any atom is 0.155 e. The van der Waals surface area contributed by atoms with E-state index in [2.05, 4.69) is 12.1 Å². The van der Waals surface area contributed by atoms with Gasteiger partial charge in [0.25, 0.3) is 0 Å². The van der Waals surface area contributed by atoms with E-state index in [0.29, 0.717) is 16.6 Å². The minimum Gasteiger partial charge on any atom is -0.508 e. The van der Waals surface area contributed by atoms with Gasteiger partial charge in [-0.3, -0.25) is 0 Å². The summed E-state index contributed by atoms with van der Waals surface area (Å²) in [7, 11) is 0.462. The molecule has 0 unspecified atom stereocenters. The molecule has 0 spiro atoms. The van der Waals surface area contributed by atoms with E-state index in [-0.39, 0.29) is 0 Å². The van der Waals surface area contributed by atoms with Crippen LogP contribution in [0.5, 0.6) is 5.75 Å². The lowest BCUT2D eigenvalue weighted by molar-refractivity contribution is 0.470. The van der Waals surface area contributed by atoms with E-state index >= 15 is 0 Å². The third-order valence-electron chi connectivity index (χ3n) is 2.78. The van der Waals surface area contributed by atoms with E-state index < -0.39 is 0 Å². The Labute approximate surface area is 88.5 Å². The highest BCUT2D eigenvalue weighted by molar-refractivity contribution is 7.96. The van der Waals surface area contributed by atoms with Crippen molar-refractivity contribution in [2.45, 2.75) is 31.1 Å². The molecule has 1 heterocycles. The molecule has 0 radical (unpaired) electrons. The highest BCUT2D eigenvalue weighted by Crippen LogP contribution is 2.26. The van der Waals surface area contributed by atoms with Crippen LogP contribution >= 0.6 is 0 Å². The van der Waals surface area contributed by atoms with Crippen molar-refractivity contribution in [2.24, 2.45) is 0 Å². The number of phenolic OH excluding ortho intramolecular Hbond substituents is 1. The van der Waals surface area contributed by atoms with Gasteiger partial charge in [-0.2, -0.15) is 0 Å². The Morgan fingerprint density at radius 1 is 1.14 bits per heavy atom. The van der Waals surface area contributed by atoms with Crippen molar-refractivity contribution in [1.82, 2.24) is 0 Å². The molecule has 1 fully saturated rings. The van der Waals surface area contributed by atoms with Crippen molar-refractivity contribution in [3.63, 3.8) is 0 Å². The molecule has 2 rings (SSSR count). The Balaban J connectivity index is 2.18. The summed E-state index contributed by atoms with van der Waals surface area (Å²) in [6, 6.07) is 6.09. The summed E-state index contributed by atoms with van der Waals surface area (Å²) >= 11 is 0. The molecular weight excluding hydrogens is 192 g/mol. The minimum absolute atomic E-state index is 0.425. The zero-order valence-corrected chi connectivity index (χ0v) is 9.44. The first-order valence-electron chi connectivity index (χ1n) is 5.24. The number of hydrogen-bond donors (Lipinski definition) is 1. The fourth-order valence-corrected chi connectivity index (χ4v) is 4.26. The van der Waals surface area contributed by atoms with Gasteiger partial charge in [0, 0.05) is 10.9 Å². The number of hydrogen-bond acceptors (Lipinski definition) is 1. The maximum absolute atomic E-state index is 9.45. The fourth-order valence-electron chi connectivity index (χ4n) is 1.87. The number of aromatic hydroxyl groups is 1. The van der Waals surface area contributed by atoms with Gasteiger partial charge in [-0.1, -0.05) is 0 Å². The minimum atomic E-state index is 0.425. The summed E-state index contributed by atoms with van der Waals surface area (Å²) in [6.07, 6.45) is 4.16. The van der Waals surface area contributed by atoms with Crippen LogP contribution in [-0.4, -0.2) is 16.6 Å². The molecule has 1 aromatic carbocycles. The van der Waals surface area contributed by atoms with Crippen molar-refractivity contribution in [3.8, 4) is 5.75 Å². The van der Waals surface area contributed by atoms with Crippen LogP contribution in [0.15, 0.2) is 23.1 Å². The zero-order valence-electron chi connectivity index (χ0n) is 8.62. The van der Waals surface area contributed by atoms with E-state index in [4.69, 9.17) is 0 Å². The summed E-state index contributed by atoms with van der Waals surface area (Å²) in [5, 5.41) is 9.45. The largest absolute Gasteiger partial charge is 0.508 e. The number of aryl methyl sites for hydroxylation is 1. The molecule has 0 aliphatic carbocycles. The molecule has 76 valence electrons. The predicted molar refractivity (Wildman–Crippen MR) is 62.1 cm³/mol. The van der Waals surface area contributed by atoms with Crippen LogP contribution in [0.1, 0.15) is 24.8 Å². The van der Waals surface area contributed by atoms with Crippen molar-refractivity contribution in [3.05, 3.63) is 23.8 Å². The molecule has 0 aromatic heterocycles. The molecule has 0 amide bonds. The standard InChI is InChI=1S/C12H16OS/c1-10-9-11(5-6-12(10)13)14-7-3-2-4-8-14/h5-6,9H,2-4,7-8H2,1H3/p+1. The Morgan fingerprint density at radius 3 is 2.50 bits per heavy atom. The third kappa shape index (κ3) is 2.06. The first-order chi connectivity index (χ1) is 6.77. The molecule has 2 heteroatoms. The number of rotatable bonds is 1. The zero-order chi connectivity index (χ0) is 9.97. The lowest BCUT2D eigenvalue weighted by atomic mass is 10.2. The average molecular weight is 209 g/mol. The second-order valence-corrected chi connectivity index (χ2v) is 6.18. The SMILES string of the molecule is Cc1cc([S+]2CCCCC2)ccc1O. The third-order valence-corrected chi connectivity index (χ3v) is 5.27. The first-order valence-corrected chi connectivity index (χ1v) is 6.81. The molecule has 1 N–H and O–H groups in total. The molecule has 14 heavy (non-hydrogen) atoms. The fraction of sp³-hybridized carbons (Fsp3) is 0.500. The highest BCUT2D eigenvalue weighted by atomic mass is 32.2. The van der Waals surface area contributed by atoms with Gasteiger partial charge in [0.05, 0.1) is 0 Å². The molecule has 0 bridgehead atoms. The van der Waals surface area contributed by atoms with Crippen LogP contribution < -0.4 is 0 Å². The van der Waals surface area contributed by atoms with Gasteiger partial charge in [-0.25, -0.2) is 0 Å². The van der Waals surface area contributed by atoms with Crippen LogP contribution in [-0.2, 0) is 10.9 Å². The van der Waals surface area contributed by atoms with Crippen LogP contribution in [0.2, 0.25) is 0 Å². The number of benzene rings is 1. The summed E-state index contributed by atoms with van der Waals surface area (Å²) in [4.78, 5) is 1.44. The van der Waals surface area contributed by atoms with E-state index in [0.717, 1.165) is 5.56 Å². The summed E-state index contributed by atoms with van der Waals surface area (Å²) in [5.74, 6) is 3.13. The van der Waals surface area contributed by atoms with E-state index in [1.165, 1.54) is 35.7 Å². The Kier molecular flexibility index (Phi) is 3.02. The van der Waals surface area contributed by atoms with Gasteiger partial charge < -0.3 is 5.11 Å². The molecule has 1 aliphatic heterocycles.